The molecule has 4 aromatic rings. The average Bonchev–Trinajstić information content (AvgIpc) is 2.88. The number of carbonyl (C=O) groups is 1. The second kappa shape index (κ2) is 12.2. The van der Waals surface area contributed by atoms with Crippen molar-refractivity contribution in [3.63, 3.8) is 0 Å². The predicted octanol–water partition coefficient (Wildman–Crippen LogP) is 7.77. The van der Waals surface area contributed by atoms with Crippen LogP contribution in [-0.4, -0.2) is 20.9 Å². The van der Waals surface area contributed by atoms with Gasteiger partial charge in [0.2, 0.25) is 5.91 Å². The van der Waals surface area contributed by atoms with Crippen LogP contribution in [0.3, 0.4) is 0 Å². The number of halogens is 3. The van der Waals surface area contributed by atoms with Crippen molar-refractivity contribution >= 4 is 73.9 Å². The summed E-state index contributed by atoms with van der Waals surface area (Å²) in [4.78, 5) is 14.1. The number of benzene rings is 4. The summed E-state index contributed by atoms with van der Waals surface area (Å²) in [7, 11) is -4.11. The van der Waals surface area contributed by atoms with Gasteiger partial charge in [0.05, 0.1) is 21.3 Å². The summed E-state index contributed by atoms with van der Waals surface area (Å²) in [5.74, 6) is 0.143. The van der Waals surface area contributed by atoms with Gasteiger partial charge in [-0.2, -0.15) is 0 Å². The van der Waals surface area contributed by atoms with Gasteiger partial charge in [-0.25, -0.2) is 8.42 Å². The molecule has 0 aliphatic heterocycles. The number of sulfonamides is 1. The van der Waals surface area contributed by atoms with Crippen LogP contribution in [0.5, 0.6) is 0 Å². The topological polar surface area (TPSA) is 66.5 Å². The number of nitrogens with one attached hydrogen (secondary N) is 1. The Balaban J connectivity index is 1.58. The molecule has 0 aliphatic rings. The molecule has 0 radical (unpaired) electrons. The van der Waals surface area contributed by atoms with E-state index < -0.39 is 22.5 Å². The van der Waals surface area contributed by atoms with Crippen molar-refractivity contribution in [3.8, 4) is 0 Å². The maximum atomic E-state index is 13.5. The zero-order valence-electron chi connectivity index (χ0n) is 19.3. The summed E-state index contributed by atoms with van der Waals surface area (Å²) in [5.41, 5.74) is 1.80. The van der Waals surface area contributed by atoms with E-state index in [4.69, 9.17) is 34.8 Å². The monoisotopic (exact) mass is 590 g/mol. The zero-order chi connectivity index (χ0) is 26.4. The average molecular weight is 592 g/mol. The van der Waals surface area contributed by atoms with Crippen LogP contribution in [0.25, 0.3) is 0 Å². The number of amides is 1. The Hall–Kier alpha value is -2.68. The van der Waals surface area contributed by atoms with E-state index in [1.807, 2.05) is 36.4 Å². The molecule has 0 saturated heterocycles. The third-order valence-electron chi connectivity index (χ3n) is 5.27. The smallest absolute Gasteiger partial charge is 0.264 e. The first-order chi connectivity index (χ1) is 17.7. The predicted molar refractivity (Wildman–Crippen MR) is 154 cm³/mol. The van der Waals surface area contributed by atoms with Gasteiger partial charge in [0.25, 0.3) is 10.0 Å². The third-order valence-corrected chi connectivity index (χ3v) is 8.97. The molecule has 1 amide bonds. The van der Waals surface area contributed by atoms with E-state index in [1.165, 1.54) is 30.3 Å². The fraction of sp³-hybridized carbons (Fsp3) is 0.0741. The Morgan fingerprint density at radius 1 is 0.811 bits per heavy atom. The summed E-state index contributed by atoms with van der Waals surface area (Å²) in [6, 6.07) is 27.2. The van der Waals surface area contributed by atoms with E-state index in [-0.39, 0.29) is 15.6 Å². The first kappa shape index (κ1) is 27.4. The molecule has 37 heavy (non-hydrogen) atoms. The van der Waals surface area contributed by atoms with E-state index in [1.54, 1.807) is 42.1 Å². The normalized spacial score (nSPS) is 11.2. The van der Waals surface area contributed by atoms with Gasteiger partial charge in [-0.3, -0.25) is 9.10 Å². The van der Waals surface area contributed by atoms with Crippen LogP contribution in [0.1, 0.15) is 5.56 Å². The van der Waals surface area contributed by atoms with Gasteiger partial charge in [0, 0.05) is 20.7 Å². The minimum absolute atomic E-state index is 0.0349. The van der Waals surface area contributed by atoms with Gasteiger partial charge in [-0.05, 0) is 60.2 Å². The fourth-order valence-corrected chi connectivity index (χ4v) is 6.57. The molecule has 0 aromatic heterocycles. The number of para-hydroxylation sites is 1. The van der Waals surface area contributed by atoms with Crippen molar-refractivity contribution < 1.29 is 13.2 Å². The first-order valence-electron chi connectivity index (χ1n) is 11.0. The highest BCUT2D eigenvalue weighted by molar-refractivity contribution is 7.98. The number of thioether (sulfide) groups is 1. The maximum Gasteiger partial charge on any atom is 0.264 e. The lowest BCUT2D eigenvalue weighted by molar-refractivity contribution is -0.114. The standard InChI is InChI=1S/C27H21Cl3N2O3S2/c28-20-12-10-19(11-13-20)18-36-26-9-5-4-8-24(26)31-27(33)17-32(25-15-14-21(29)16-23(25)30)37(34,35)22-6-2-1-3-7-22/h1-16H,17-18H2,(H,31,33). The fourth-order valence-electron chi connectivity index (χ4n) is 3.46. The second-order valence-electron chi connectivity index (χ2n) is 7.88. The zero-order valence-corrected chi connectivity index (χ0v) is 23.2. The Kier molecular flexibility index (Phi) is 9.05. The molecule has 190 valence electrons. The van der Waals surface area contributed by atoms with Crippen LogP contribution in [0, 0.1) is 0 Å². The van der Waals surface area contributed by atoms with Gasteiger partial charge in [-0.15, -0.1) is 11.8 Å². The van der Waals surface area contributed by atoms with Crippen molar-refractivity contribution in [1.82, 2.24) is 0 Å². The van der Waals surface area contributed by atoms with Gasteiger partial charge in [0.15, 0.2) is 0 Å². The highest BCUT2D eigenvalue weighted by Crippen LogP contribution is 2.34. The van der Waals surface area contributed by atoms with Crippen LogP contribution < -0.4 is 9.62 Å². The number of hydrogen-bond acceptors (Lipinski definition) is 4. The summed E-state index contributed by atoms with van der Waals surface area (Å²) >= 11 is 19.9. The van der Waals surface area contributed by atoms with Crippen LogP contribution >= 0.6 is 46.6 Å². The van der Waals surface area contributed by atoms with Crippen molar-refractivity contribution in [1.29, 1.82) is 0 Å². The summed E-state index contributed by atoms with van der Waals surface area (Å²) < 4.78 is 28.1. The molecule has 0 atom stereocenters. The van der Waals surface area contributed by atoms with E-state index >= 15 is 0 Å². The summed E-state index contributed by atoms with van der Waals surface area (Å²) in [6.07, 6.45) is 0. The van der Waals surface area contributed by atoms with Crippen molar-refractivity contribution in [2.45, 2.75) is 15.5 Å². The lowest BCUT2D eigenvalue weighted by atomic mass is 10.2. The Morgan fingerprint density at radius 3 is 2.16 bits per heavy atom. The highest BCUT2D eigenvalue weighted by atomic mass is 35.5. The van der Waals surface area contributed by atoms with Crippen LogP contribution in [-0.2, 0) is 20.6 Å². The lowest BCUT2D eigenvalue weighted by Crippen LogP contribution is -2.38. The number of anilines is 2. The van der Waals surface area contributed by atoms with Gasteiger partial charge in [-0.1, -0.05) is 77.3 Å². The van der Waals surface area contributed by atoms with Gasteiger partial charge >= 0.3 is 0 Å². The van der Waals surface area contributed by atoms with Gasteiger partial charge in [0.1, 0.15) is 6.54 Å². The van der Waals surface area contributed by atoms with Gasteiger partial charge < -0.3 is 5.32 Å². The third kappa shape index (κ3) is 7.00. The second-order valence-corrected chi connectivity index (χ2v) is 12.0. The molecule has 0 aliphatic carbocycles. The molecule has 4 aromatic carbocycles. The van der Waals surface area contributed by atoms with Crippen LogP contribution in [0.2, 0.25) is 15.1 Å². The molecule has 4 rings (SSSR count). The Labute approximate surface area is 235 Å². The molecular formula is C27H21Cl3N2O3S2. The molecule has 10 heteroatoms. The van der Waals surface area contributed by atoms with E-state index in [2.05, 4.69) is 5.32 Å². The summed E-state index contributed by atoms with van der Waals surface area (Å²) in [5, 5.41) is 3.98. The van der Waals surface area contributed by atoms with Crippen molar-refractivity contribution in [2.24, 2.45) is 0 Å². The Morgan fingerprint density at radius 2 is 1.46 bits per heavy atom. The Bertz CT molecular complexity index is 1500. The first-order valence-corrected chi connectivity index (χ1v) is 14.6. The van der Waals surface area contributed by atoms with Crippen molar-refractivity contribution in [2.75, 3.05) is 16.2 Å². The molecule has 0 fully saturated rings. The lowest BCUT2D eigenvalue weighted by Gasteiger charge is -2.25. The molecule has 0 spiro atoms. The quantitative estimate of drug-likeness (QED) is 0.202. The van der Waals surface area contributed by atoms with E-state index in [0.29, 0.717) is 21.5 Å². The summed E-state index contributed by atoms with van der Waals surface area (Å²) in [6.45, 7) is -0.491. The number of hydrogen-bond donors (Lipinski definition) is 1. The van der Waals surface area contributed by atoms with E-state index in [9.17, 15) is 13.2 Å². The molecule has 0 saturated carbocycles. The van der Waals surface area contributed by atoms with Crippen LogP contribution in [0.4, 0.5) is 11.4 Å². The molecule has 1 N–H and O–H groups in total. The number of rotatable bonds is 9. The molecule has 0 bridgehead atoms. The minimum Gasteiger partial charge on any atom is -0.323 e. The molecular weight excluding hydrogens is 571 g/mol. The van der Waals surface area contributed by atoms with Crippen LogP contribution in [0.15, 0.2) is 107 Å². The SMILES string of the molecule is O=C(CN(c1ccc(Cl)cc1Cl)S(=O)(=O)c1ccccc1)Nc1ccccc1SCc1ccc(Cl)cc1. The molecule has 0 heterocycles. The van der Waals surface area contributed by atoms with E-state index in [0.717, 1.165) is 14.8 Å². The number of carbonyl (C=O) groups excluding carboxylic acids is 1. The highest BCUT2D eigenvalue weighted by Gasteiger charge is 2.29. The largest absolute Gasteiger partial charge is 0.323 e. The number of nitrogens with zero attached hydrogens (tertiary/aromatic N) is 1. The van der Waals surface area contributed by atoms with Crippen molar-refractivity contribution in [3.05, 3.63) is 118 Å². The molecule has 5 nitrogen and oxygen atoms in total. The maximum absolute atomic E-state index is 13.5. The minimum atomic E-state index is -4.11. The molecule has 0 unspecified atom stereocenters.